The van der Waals surface area contributed by atoms with Crippen LogP contribution in [0.4, 0.5) is 5.82 Å². The molecule has 33 heavy (non-hydrogen) atoms. The van der Waals surface area contributed by atoms with Gasteiger partial charge in [-0.2, -0.15) is 0 Å². The summed E-state index contributed by atoms with van der Waals surface area (Å²) >= 11 is 0. The second-order valence-electron chi connectivity index (χ2n) is 7.65. The third kappa shape index (κ3) is 3.71. The van der Waals surface area contributed by atoms with Crippen LogP contribution in [0, 0.1) is 0 Å². The third-order valence-corrected chi connectivity index (χ3v) is 5.64. The van der Waals surface area contributed by atoms with E-state index in [1.54, 1.807) is 41.1 Å². The Balaban J connectivity index is 1.31. The summed E-state index contributed by atoms with van der Waals surface area (Å²) < 4.78 is 18.0. The van der Waals surface area contributed by atoms with E-state index in [1.165, 1.54) is 19.6 Å². The van der Waals surface area contributed by atoms with Gasteiger partial charge in [0.1, 0.15) is 48.5 Å². The summed E-state index contributed by atoms with van der Waals surface area (Å²) in [4.78, 5) is 24.1. The monoisotopic (exact) mass is 451 g/mol. The molecule has 0 aliphatic carbocycles. The molecule has 1 aliphatic heterocycles. The minimum atomic E-state index is -1.19. The normalized spacial score (nSPS) is 22.6. The van der Waals surface area contributed by atoms with Crippen molar-refractivity contribution >= 4 is 33.7 Å². The maximum Gasteiger partial charge on any atom is 0.339 e. The number of carbonyl (C=O) groups excluding carboxylic acids is 1. The number of aliphatic hydroxyl groups excluding tert-OH is 2. The van der Waals surface area contributed by atoms with Gasteiger partial charge in [0.2, 0.25) is 0 Å². The molecule has 4 atom stereocenters. The smallest absolute Gasteiger partial charge is 0.339 e. The largest absolute Gasteiger partial charge is 0.491 e. The standard InChI is InChI=1S/C22H21N5O6/c1-31-22(30)12-6-11-2-3-13(7-15(11)24-8-12)32-9-16-17(28)18(29)21(33-16)27-5-4-14-19(23)25-10-26-20(14)27/h2-8,10,16-18,21,28-29H,9H2,1H3,(H2,23,25,26)/t16-,17-,18-,21-/m1/s1. The van der Waals surface area contributed by atoms with E-state index in [0.717, 1.165) is 5.39 Å². The molecule has 1 aromatic carbocycles. The summed E-state index contributed by atoms with van der Waals surface area (Å²) in [6.45, 7) is -0.00317. The first-order valence-corrected chi connectivity index (χ1v) is 10.2. The Kier molecular flexibility index (Phi) is 5.29. The maximum atomic E-state index is 11.7. The van der Waals surface area contributed by atoms with Crippen molar-refractivity contribution in [3.8, 4) is 5.75 Å². The quantitative estimate of drug-likeness (QED) is 0.375. The zero-order valence-corrected chi connectivity index (χ0v) is 17.5. The van der Waals surface area contributed by atoms with Gasteiger partial charge in [0.25, 0.3) is 0 Å². The molecule has 0 spiro atoms. The van der Waals surface area contributed by atoms with Gasteiger partial charge in [0.05, 0.1) is 23.6 Å². The number of hydrogen-bond donors (Lipinski definition) is 3. The van der Waals surface area contributed by atoms with Gasteiger partial charge < -0.3 is 34.7 Å². The van der Waals surface area contributed by atoms with Crippen LogP contribution in [0.2, 0.25) is 0 Å². The van der Waals surface area contributed by atoms with Crippen LogP contribution in [-0.2, 0) is 9.47 Å². The number of nitrogen functional groups attached to an aromatic ring is 1. The molecule has 11 nitrogen and oxygen atoms in total. The number of nitrogens with zero attached hydrogens (tertiary/aromatic N) is 4. The fourth-order valence-corrected chi connectivity index (χ4v) is 3.89. The van der Waals surface area contributed by atoms with Crippen LogP contribution < -0.4 is 10.5 Å². The molecule has 0 radical (unpaired) electrons. The van der Waals surface area contributed by atoms with Crippen molar-refractivity contribution < 1.29 is 29.2 Å². The van der Waals surface area contributed by atoms with Crippen LogP contribution in [0.5, 0.6) is 5.75 Å². The van der Waals surface area contributed by atoms with E-state index in [0.29, 0.717) is 33.7 Å². The summed E-state index contributed by atoms with van der Waals surface area (Å²) in [6.07, 6.45) is 0.419. The second kappa shape index (κ2) is 8.28. The van der Waals surface area contributed by atoms with Crippen molar-refractivity contribution in [2.45, 2.75) is 24.5 Å². The molecule has 0 saturated carbocycles. The predicted octanol–water partition coefficient (Wildman–Crippen LogP) is 1.05. The van der Waals surface area contributed by atoms with Crippen LogP contribution in [0.1, 0.15) is 16.6 Å². The molecule has 0 unspecified atom stereocenters. The Morgan fingerprint density at radius 1 is 1.18 bits per heavy atom. The summed E-state index contributed by atoms with van der Waals surface area (Å²) in [6, 6.07) is 8.61. The van der Waals surface area contributed by atoms with Crippen LogP contribution in [-0.4, -0.2) is 67.7 Å². The third-order valence-electron chi connectivity index (χ3n) is 5.64. The predicted molar refractivity (Wildman–Crippen MR) is 116 cm³/mol. The Morgan fingerprint density at radius 2 is 2.03 bits per heavy atom. The highest BCUT2D eigenvalue weighted by molar-refractivity contribution is 5.93. The molecular weight excluding hydrogens is 430 g/mol. The first-order chi connectivity index (χ1) is 16.0. The lowest BCUT2D eigenvalue weighted by atomic mass is 10.1. The summed E-state index contributed by atoms with van der Waals surface area (Å²) in [5, 5.41) is 22.5. The molecule has 4 N–H and O–H groups in total. The van der Waals surface area contributed by atoms with Crippen LogP contribution in [0.15, 0.2) is 49.1 Å². The topological polar surface area (TPSA) is 155 Å². The molecule has 170 valence electrons. The summed E-state index contributed by atoms with van der Waals surface area (Å²) in [5.41, 5.74) is 7.35. The first-order valence-electron chi connectivity index (χ1n) is 10.2. The van der Waals surface area contributed by atoms with E-state index in [4.69, 9.17) is 19.9 Å². The zero-order chi connectivity index (χ0) is 23.1. The van der Waals surface area contributed by atoms with Gasteiger partial charge in [-0.15, -0.1) is 0 Å². The van der Waals surface area contributed by atoms with Crippen molar-refractivity contribution in [1.82, 2.24) is 19.5 Å². The number of aliphatic hydroxyl groups is 2. The molecule has 3 aromatic heterocycles. The number of fused-ring (bicyclic) bond motifs is 2. The maximum absolute atomic E-state index is 11.7. The highest BCUT2D eigenvalue weighted by Crippen LogP contribution is 2.33. The van der Waals surface area contributed by atoms with Crippen molar-refractivity contribution in [1.29, 1.82) is 0 Å². The molecule has 4 heterocycles. The number of benzene rings is 1. The average Bonchev–Trinajstić information content (AvgIpc) is 3.38. The molecule has 5 rings (SSSR count). The second-order valence-corrected chi connectivity index (χ2v) is 7.65. The number of hydrogen-bond acceptors (Lipinski definition) is 10. The van der Waals surface area contributed by atoms with Gasteiger partial charge in [-0.05, 0) is 24.3 Å². The Bertz CT molecular complexity index is 1340. The van der Waals surface area contributed by atoms with Crippen LogP contribution >= 0.6 is 0 Å². The lowest BCUT2D eigenvalue weighted by Gasteiger charge is -2.17. The van der Waals surface area contributed by atoms with E-state index >= 15 is 0 Å². The van der Waals surface area contributed by atoms with Gasteiger partial charge >= 0.3 is 5.97 Å². The highest BCUT2D eigenvalue weighted by atomic mass is 16.6. The van der Waals surface area contributed by atoms with Crippen molar-refractivity contribution in [3.63, 3.8) is 0 Å². The molecule has 11 heteroatoms. The number of esters is 1. The van der Waals surface area contributed by atoms with E-state index in [-0.39, 0.29) is 6.61 Å². The zero-order valence-electron chi connectivity index (χ0n) is 17.5. The SMILES string of the molecule is COC(=O)c1cnc2cc(OC[C@H]3O[C@@H](n4ccc5c(N)ncnc54)[C@H](O)[C@@H]3O)ccc2c1. The molecule has 0 bridgehead atoms. The van der Waals surface area contributed by atoms with E-state index < -0.39 is 30.5 Å². The fourth-order valence-electron chi connectivity index (χ4n) is 3.89. The molecular formula is C22H21N5O6. The molecule has 1 aliphatic rings. The highest BCUT2D eigenvalue weighted by Gasteiger charge is 2.44. The number of pyridine rings is 1. The Morgan fingerprint density at radius 3 is 2.85 bits per heavy atom. The van der Waals surface area contributed by atoms with Gasteiger partial charge in [-0.1, -0.05) is 0 Å². The van der Waals surface area contributed by atoms with Gasteiger partial charge in [0, 0.05) is 23.8 Å². The number of nitrogens with two attached hydrogens (primary N) is 1. The minimum absolute atomic E-state index is 0.00317. The lowest BCUT2D eigenvalue weighted by Crippen LogP contribution is -2.34. The van der Waals surface area contributed by atoms with Crippen molar-refractivity contribution in [2.75, 3.05) is 19.5 Å². The van der Waals surface area contributed by atoms with E-state index in [1.807, 2.05) is 0 Å². The van der Waals surface area contributed by atoms with Crippen LogP contribution in [0.25, 0.3) is 21.9 Å². The molecule has 4 aromatic rings. The summed E-state index contributed by atoms with van der Waals surface area (Å²) in [7, 11) is 1.31. The fraction of sp³-hybridized carbons (Fsp3) is 0.273. The van der Waals surface area contributed by atoms with Gasteiger partial charge in [-0.3, -0.25) is 4.98 Å². The summed E-state index contributed by atoms with van der Waals surface area (Å²) in [5.74, 6) is 0.353. The number of aromatic nitrogens is 4. The Hall–Kier alpha value is -3.80. The first kappa shape index (κ1) is 21.1. The van der Waals surface area contributed by atoms with Gasteiger partial charge in [-0.25, -0.2) is 14.8 Å². The molecule has 0 amide bonds. The van der Waals surface area contributed by atoms with Gasteiger partial charge in [0.15, 0.2) is 6.23 Å². The van der Waals surface area contributed by atoms with Crippen molar-refractivity contribution in [2.24, 2.45) is 0 Å². The van der Waals surface area contributed by atoms with E-state index in [9.17, 15) is 15.0 Å². The Labute approximate surface area is 187 Å². The number of rotatable bonds is 5. The minimum Gasteiger partial charge on any atom is -0.491 e. The number of anilines is 1. The number of ether oxygens (including phenoxy) is 3. The number of carbonyl (C=O) groups is 1. The lowest BCUT2D eigenvalue weighted by molar-refractivity contribution is -0.0471. The molecule has 1 fully saturated rings. The van der Waals surface area contributed by atoms with Crippen molar-refractivity contribution in [3.05, 3.63) is 54.6 Å². The average molecular weight is 451 g/mol. The van der Waals surface area contributed by atoms with Crippen LogP contribution in [0.3, 0.4) is 0 Å². The number of methoxy groups -OCH3 is 1. The van der Waals surface area contributed by atoms with E-state index in [2.05, 4.69) is 15.0 Å². The molecule has 1 saturated heterocycles.